The van der Waals surface area contributed by atoms with Gasteiger partial charge in [0, 0.05) is 5.54 Å². The molecule has 0 aromatic heterocycles. The van der Waals surface area contributed by atoms with Crippen molar-refractivity contribution in [3.05, 3.63) is 0 Å². The highest BCUT2D eigenvalue weighted by Gasteiger charge is 2.42. The third kappa shape index (κ3) is 3.82. The molecule has 0 aromatic carbocycles. The Balaban J connectivity index is 2.44. The molecular weight excluding hydrogens is 190 g/mol. The largest absolute Gasteiger partial charge is 0.466 e. The summed E-state index contributed by atoms with van der Waals surface area (Å²) in [6.45, 7) is 7.60. The van der Waals surface area contributed by atoms with Crippen molar-refractivity contribution in [3.8, 4) is 0 Å². The summed E-state index contributed by atoms with van der Waals surface area (Å²) in [5.41, 5.74) is -0.0394. The molecule has 0 amide bonds. The fourth-order valence-corrected chi connectivity index (χ4v) is 1.99. The fraction of sp³-hybridized carbons (Fsp3) is 0.917. The Bertz CT molecular complexity index is 214. The molecule has 1 aliphatic carbocycles. The molecule has 0 aromatic rings. The van der Waals surface area contributed by atoms with Gasteiger partial charge in [0.15, 0.2) is 0 Å². The van der Waals surface area contributed by atoms with Crippen LogP contribution in [0.25, 0.3) is 0 Å². The second-order valence-electron chi connectivity index (χ2n) is 4.60. The number of carbonyl (C=O) groups excluding carboxylic acids is 1. The molecular formula is C12H23NO2. The molecule has 3 heteroatoms. The molecule has 0 saturated heterocycles. The predicted molar refractivity (Wildman–Crippen MR) is 60.7 cm³/mol. The van der Waals surface area contributed by atoms with Gasteiger partial charge in [-0.15, -0.1) is 0 Å². The number of carbonyl (C=O) groups is 1. The number of esters is 1. The van der Waals surface area contributed by atoms with Crippen LogP contribution in [0, 0.1) is 5.92 Å². The van der Waals surface area contributed by atoms with Crippen molar-refractivity contribution in [2.75, 3.05) is 13.2 Å². The van der Waals surface area contributed by atoms with E-state index >= 15 is 0 Å². The highest BCUT2D eigenvalue weighted by Crippen LogP contribution is 2.41. The van der Waals surface area contributed by atoms with Gasteiger partial charge in [-0.25, -0.2) is 0 Å². The van der Waals surface area contributed by atoms with E-state index in [-0.39, 0.29) is 11.5 Å². The van der Waals surface area contributed by atoms with Gasteiger partial charge in [-0.2, -0.15) is 0 Å². The summed E-state index contributed by atoms with van der Waals surface area (Å²) in [6, 6.07) is 0. The van der Waals surface area contributed by atoms with E-state index in [9.17, 15) is 4.79 Å². The highest BCUT2D eigenvalue weighted by molar-refractivity contribution is 5.71. The van der Waals surface area contributed by atoms with Crippen molar-refractivity contribution in [1.29, 1.82) is 0 Å². The summed E-state index contributed by atoms with van der Waals surface area (Å²) < 4.78 is 5.02. The smallest absolute Gasteiger partial charge is 0.307 e. The van der Waals surface area contributed by atoms with E-state index in [0.717, 1.165) is 13.0 Å². The third-order valence-corrected chi connectivity index (χ3v) is 3.07. The number of hydrogen-bond donors (Lipinski definition) is 1. The van der Waals surface area contributed by atoms with Crippen LogP contribution in [-0.2, 0) is 9.53 Å². The maximum absolute atomic E-state index is 11.5. The van der Waals surface area contributed by atoms with Crippen molar-refractivity contribution in [2.24, 2.45) is 5.92 Å². The molecule has 1 fully saturated rings. The van der Waals surface area contributed by atoms with Crippen LogP contribution in [0.3, 0.4) is 0 Å². The Hall–Kier alpha value is -0.570. The molecule has 1 unspecified atom stereocenters. The van der Waals surface area contributed by atoms with E-state index < -0.39 is 0 Å². The first-order chi connectivity index (χ1) is 7.12. The molecule has 0 bridgehead atoms. The first kappa shape index (κ1) is 12.5. The SMILES string of the molecule is CCCNC(C)(CC(=O)OCC)C1CC1. The van der Waals surface area contributed by atoms with Crippen LogP contribution in [0.4, 0.5) is 0 Å². The first-order valence-electron chi connectivity index (χ1n) is 6.03. The summed E-state index contributed by atoms with van der Waals surface area (Å²) in [4.78, 5) is 11.5. The van der Waals surface area contributed by atoms with Gasteiger partial charge in [0.2, 0.25) is 0 Å². The maximum atomic E-state index is 11.5. The van der Waals surface area contributed by atoms with Crippen LogP contribution in [0.15, 0.2) is 0 Å². The van der Waals surface area contributed by atoms with Crippen molar-refractivity contribution in [3.63, 3.8) is 0 Å². The Morgan fingerprint density at radius 3 is 2.60 bits per heavy atom. The second kappa shape index (κ2) is 5.50. The van der Waals surface area contributed by atoms with Gasteiger partial charge >= 0.3 is 5.97 Å². The molecule has 1 atom stereocenters. The van der Waals surface area contributed by atoms with Crippen LogP contribution in [0.1, 0.15) is 46.5 Å². The average molecular weight is 213 g/mol. The summed E-state index contributed by atoms with van der Waals surface area (Å²) in [5, 5.41) is 3.50. The normalized spacial score (nSPS) is 19.7. The van der Waals surface area contributed by atoms with Crippen molar-refractivity contribution in [1.82, 2.24) is 5.32 Å². The van der Waals surface area contributed by atoms with Crippen LogP contribution >= 0.6 is 0 Å². The lowest BCUT2D eigenvalue weighted by molar-refractivity contribution is -0.145. The Kier molecular flexibility index (Phi) is 4.58. The average Bonchev–Trinajstić information content (AvgIpc) is 2.98. The van der Waals surface area contributed by atoms with Gasteiger partial charge in [-0.05, 0) is 45.6 Å². The van der Waals surface area contributed by atoms with Crippen molar-refractivity contribution >= 4 is 5.97 Å². The topological polar surface area (TPSA) is 38.3 Å². The van der Waals surface area contributed by atoms with Crippen LogP contribution < -0.4 is 5.32 Å². The van der Waals surface area contributed by atoms with E-state index in [4.69, 9.17) is 4.74 Å². The summed E-state index contributed by atoms with van der Waals surface area (Å²) in [6.07, 6.45) is 4.09. The monoisotopic (exact) mass is 213 g/mol. The quantitative estimate of drug-likeness (QED) is 0.658. The van der Waals surface area contributed by atoms with E-state index in [1.54, 1.807) is 0 Å². The summed E-state index contributed by atoms with van der Waals surface area (Å²) in [5.74, 6) is 0.587. The molecule has 1 saturated carbocycles. The van der Waals surface area contributed by atoms with Gasteiger partial charge in [-0.3, -0.25) is 4.79 Å². The predicted octanol–water partition coefficient (Wildman–Crippen LogP) is 2.11. The molecule has 0 aliphatic heterocycles. The summed E-state index contributed by atoms with van der Waals surface area (Å²) in [7, 11) is 0. The number of hydrogen-bond acceptors (Lipinski definition) is 3. The number of nitrogens with one attached hydrogen (secondary N) is 1. The van der Waals surface area contributed by atoms with Crippen LogP contribution in [0.2, 0.25) is 0 Å². The standard InChI is InChI=1S/C12H23NO2/c1-4-8-13-12(3,10-6-7-10)9-11(14)15-5-2/h10,13H,4-9H2,1-3H3. The zero-order valence-corrected chi connectivity index (χ0v) is 10.1. The minimum Gasteiger partial charge on any atom is -0.466 e. The zero-order valence-electron chi connectivity index (χ0n) is 10.1. The van der Waals surface area contributed by atoms with E-state index in [0.29, 0.717) is 18.9 Å². The first-order valence-corrected chi connectivity index (χ1v) is 6.03. The van der Waals surface area contributed by atoms with E-state index in [1.165, 1.54) is 12.8 Å². The van der Waals surface area contributed by atoms with Crippen molar-refractivity contribution in [2.45, 2.75) is 52.0 Å². The summed E-state index contributed by atoms with van der Waals surface area (Å²) >= 11 is 0. The molecule has 0 spiro atoms. The lowest BCUT2D eigenvalue weighted by Gasteiger charge is -2.30. The lowest BCUT2D eigenvalue weighted by Crippen LogP contribution is -2.46. The molecule has 0 radical (unpaired) electrons. The van der Waals surface area contributed by atoms with E-state index in [1.807, 2.05) is 6.92 Å². The molecule has 88 valence electrons. The third-order valence-electron chi connectivity index (χ3n) is 3.07. The van der Waals surface area contributed by atoms with Crippen LogP contribution in [0.5, 0.6) is 0 Å². The minimum atomic E-state index is -0.0736. The number of ether oxygens (including phenoxy) is 1. The maximum Gasteiger partial charge on any atom is 0.307 e. The van der Waals surface area contributed by atoms with Gasteiger partial charge in [-0.1, -0.05) is 6.92 Å². The van der Waals surface area contributed by atoms with E-state index in [2.05, 4.69) is 19.2 Å². The number of rotatable bonds is 7. The Morgan fingerprint density at radius 2 is 2.13 bits per heavy atom. The fourth-order valence-electron chi connectivity index (χ4n) is 1.99. The molecule has 1 aliphatic rings. The Labute approximate surface area is 92.6 Å². The second-order valence-corrected chi connectivity index (χ2v) is 4.60. The molecule has 15 heavy (non-hydrogen) atoms. The minimum absolute atomic E-state index is 0.0394. The molecule has 1 N–H and O–H groups in total. The van der Waals surface area contributed by atoms with Gasteiger partial charge in [0.05, 0.1) is 13.0 Å². The zero-order chi connectivity index (χ0) is 11.3. The van der Waals surface area contributed by atoms with Crippen molar-refractivity contribution < 1.29 is 9.53 Å². The van der Waals surface area contributed by atoms with Gasteiger partial charge in [0.1, 0.15) is 0 Å². The highest BCUT2D eigenvalue weighted by atomic mass is 16.5. The van der Waals surface area contributed by atoms with Gasteiger partial charge in [0.25, 0.3) is 0 Å². The lowest BCUT2D eigenvalue weighted by atomic mass is 9.91. The molecule has 1 rings (SSSR count). The van der Waals surface area contributed by atoms with Gasteiger partial charge < -0.3 is 10.1 Å². The molecule has 0 heterocycles. The van der Waals surface area contributed by atoms with Crippen LogP contribution in [-0.4, -0.2) is 24.7 Å². The Morgan fingerprint density at radius 1 is 1.47 bits per heavy atom. The molecule has 3 nitrogen and oxygen atoms in total.